The van der Waals surface area contributed by atoms with E-state index in [9.17, 15) is 4.79 Å². The van der Waals surface area contributed by atoms with Crippen LogP contribution in [0.3, 0.4) is 0 Å². The van der Waals surface area contributed by atoms with Crippen LogP contribution in [-0.2, 0) is 4.74 Å². The third kappa shape index (κ3) is 4.22. The maximum absolute atomic E-state index is 13.0. The molecule has 3 heterocycles. The molecule has 0 spiro atoms. The third-order valence-corrected chi connectivity index (χ3v) is 5.28. The lowest BCUT2D eigenvalue weighted by molar-refractivity contribution is 0.0106. The number of hydrogen-bond acceptors (Lipinski definition) is 5. The van der Waals surface area contributed by atoms with E-state index in [0.717, 1.165) is 42.1 Å². The van der Waals surface area contributed by atoms with E-state index in [1.54, 1.807) is 0 Å². The molecular weight excluding hydrogens is 364 g/mol. The van der Waals surface area contributed by atoms with Crippen molar-refractivity contribution < 1.29 is 9.53 Å². The van der Waals surface area contributed by atoms with Crippen LogP contribution in [-0.4, -0.2) is 45.9 Å². The van der Waals surface area contributed by atoms with Gasteiger partial charge in [-0.05, 0) is 59.1 Å². The van der Waals surface area contributed by atoms with Crippen LogP contribution < -0.4 is 5.43 Å². The van der Waals surface area contributed by atoms with Crippen LogP contribution in [0.1, 0.15) is 52.5 Å². The van der Waals surface area contributed by atoms with Crippen LogP contribution in [0.15, 0.2) is 59.0 Å². The molecule has 0 radical (unpaired) electrons. The molecule has 29 heavy (non-hydrogen) atoms. The summed E-state index contributed by atoms with van der Waals surface area (Å²) in [5.41, 5.74) is 6.01. The standard InChI is InChI=1S/C23H30N4O2/c1-16-14-21-24-18(17-10-6-5-7-11-17)15-20(27(21)25-16)19-12-8-9-13-26(19)22(28)29-23(2,3)4/h5-7,10-11,14-16,19,25H,8-9,12-13H2,1-4H3. The fraction of sp³-hybridized carbons (Fsp3) is 0.478. The molecule has 6 heteroatoms. The fourth-order valence-corrected chi connectivity index (χ4v) is 4.04. The van der Waals surface area contributed by atoms with Gasteiger partial charge in [-0.3, -0.25) is 9.91 Å². The van der Waals surface area contributed by atoms with Crippen molar-refractivity contribution in [3.8, 4) is 0 Å². The van der Waals surface area contributed by atoms with Gasteiger partial charge in [-0.2, -0.15) is 0 Å². The Kier molecular flexibility index (Phi) is 5.21. The summed E-state index contributed by atoms with van der Waals surface area (Å²) in [6.45, 7) is 8.54. The first-order valence-corrected chi connectivity index (χ1v) is 10.5. The minimum atomic E-state index is -0.512. The molecule has 0 aliphatic carbocycles. The Labute approximate surface area is 172 Å². The molecular formula is C23H30N4O2. The van der Waals surface area contributed by atoms with Crippen molar-refractivity contribution in [3.63, 3.8) is 0 Å². The predicted molar refractivity (Wildman–Crippen MR) is 114 cm³/mol. The van der Waals surface area contributed by atoms with Gasteiger partial charge in [-0.25, -0.2) is 15.2 Å². The number of piperidine rings is 1. The third-order valence-electron chi connectivity index (χ3n) is 5.28. The number of nitrogens with one attached hydrogen (secondary N) is 1. The maximum atomic E-state index is 13.0. The quantitative estimate of drug-likeness (QED) is 0.816. The Morgan fingerprint density at radius 2 is 1.97 bits per heavy atom. The zero-order valence-corrected chi connectivity index (χ0v) is 17.7. The largest absolute Gasteiger partial charge is 0.444 e. The minimum absolute atomic E-state index is 0.0472. The van der Waals surface area contributed by atoms with Crippen LogP contribution in [0.5, 0.6) is 0 Å². The van der Waals surface area contributed by atoms with Gasteiger partial charge in [0.2, 0.25) is 0 Å². The number of benzene rings is 1. The summed E-state index contributed by atoms with van der Waals surface area (Å²) in [7, 11) is 0. The molecule has 4 rings (SSSR count). The van der Waals surface area contributed by atoms with Crippen molar-refractivity contribution >= 4 is 11.8 Å². The van der Waals surface area contributed by atoms with E-state index in [0.29, 0.717) is 6.54 Å². The Bertz CT molecular complexity index is 867. The number of aliphatic imine (C=N–C) groups is 1. The Hall–Kier alpha value is -2.60. The van der Waals surface area contributed by atoms with Crippen LogP contribution in [0, 0.1) is 0 Å². The zero-order chi connectivity index (χ0) is 20.6. The molecule has 2 atom stereocenters. The first kappa shape index (κ1) is 19.7. The number of hydrogen-bond donors (Lipinski definition) is 1. The van der Waals surface area contributed by atoms with Crippen LogP contribution in [0.25, 0.3) is 0 Å². The number of allylic oxidation sites excluding steroid dienone is 1. The van der Waals surface area contributed by atoms with Crippen molar-refractivity contribution in [2.75, 3.05) is 6.54 Å². The van der Waals surface area contributed by atoms with E-state index < -0.39 is 5.60 Å². The number of hydrazine groups is 1. The summed E-state index contributed by atoms with van der Waals surface area (Å²) in [5.74, 6) is 0.892. The average molecular weight is 395 g/mol. The Morgan fingerprint density at radius 1 is 1.21 bits per heavy atom. The molecule has 1 aromatic rings. The number of likely N-dealkylation sites (tertiary alicyclic amines) is 1. The van der Waals surface area contributed by atoms with Gasteiger partial charge >= 0.3 is 6.09 Å². The second-order valence-electron chi connectivity index (χ2n) is 8.90. The normalized spacial score (nSPS) is 24.5. The van der Waals surface area contributed by atoms with Gasteiger partial charge in [0, 0.05) is 18.2 Å². The predicted octanol–water partition coefficient (Wildman–Crippen LogP) is 4.21. The summed E-state index contributed by atoms with van der Waals surface area (Å²) in [6, 6.07) is 10.3. The van der Waals surface area contributed by atoms with E-state index in [1.807, 2.05) is 48.9 Å². The molecule has 0 bridgehead atoms. The van der Waals surface area contributed by atoms with E-state index in [2.05, 4.69) is 36.6 Å². The van der Waals surface area contributed by atoms with Crippen molar-refractivity contribution in [2.45, 2.75) is 64.6 Å². The van der Waals surface area contributed by atoms with Crippen molar-refractivity contribution in [1.82, 2.24) is 15.3 Å². The molecule has 3 aliphatic rings. The summed E-state index contributed by atoms with van der Waals surface area (Å²) in [4.78, 5) is 19.7. The molecule has 0 aromatic heterocycles. The zero-order valence-electron chi connectivity index (χ0n) is 17.7. The van der Waals surface area contributed by atoms with E-state index in [4.69, 9.17) is 9.73 Å². The van der Waals surface area contributed by atoms with Crippen LogP contribution >= 0.6 is 0 Å². The maximum Gasteiger partial charge on any atom is 0.410 e. The number of ether oxygens (including phenoxy) is 1. The van der Waals surface area contributed by atoms with Gasteiger partial charge in [-0.1, -0.05) is 30.3 Å². The fourth-order valence-electron chi connectivity index (χ4n) is 4.04. The number of nitrogens with zero attached hydrogens (tertiary/aromatic N) is 3. The number of fused-ring (bicyclic) bond motifs is 1. The second kappa shape index (κ2) is 7.67. The van der Waals surface area contributed by atoms with Crippen molar-refractivity contribution in [1.29, 1.82) is 0 Å². The average Bonchev–Trinajstić information content (AvgIpc) is 3.06. The van der Waals surface area contributed by atoms with Gasteiger partial charge in [0.05, 0.1) is 17.5 Å². The summed E-state index contributed by atoms with van der Waals surface area (Å²) in [5, 5.41) is 2.05. The molecule has 154 valence electrons. The minimum Gasteiger partial charge on any atom is -0.444 e. The lowest BCUT2D eigenvalue weighted by Crippen LogP contribution is -2.51. The number of carbonyl (C=O) groups excluding carboxylic acids is 1. The molecule has 1 N–H and O–H groups in total. The molecule has 2 unspecified atom stereocenters. The monoisotopic (exact) mass is 394 g/mol. The molecule has 1 aromatic carbocycles. The molecule has 1 fully saturated rings. The summed E-state index contributed by atoms with van der Waals surface area (Å²) < 4.78 is 5.72. The van der Waals surface area contributed by atoms with E-state index in [1.165, 1.54) is 0 Å². The first-order chi connectivity index (χ1) is 13.8. The molecule has 1 saturated heterocycles. The molecule has 3 aliphatic heterocycles. The lowest BCUT2D eigenvalue weighted by atomic mass is 9.96. The Morgan fingerprint density at radius 3 is 2.69 bits per heavy atom. The van der Waals surface area contributed by atoms with Gasteiger partial charge < -0.3 is 4.74 Å². The van der Waals surface area contributed by atoms with Gasteiger partial charge in [-0.15, -0.1) is 0 Å². The SMILES string of the molecule is CC1C=C2N=C(c3ccccc3)C=C(C3CCCCN3C(=O)OC(C)(C)C)N2N1. The Balaban J connectivity index is 1.70. The highest BCUT2D eigenvalue weighted by atomic mass is 16.6. The summed E-state index contributed by atoms with van der Waals surface area (Å²) >= 11 is 0. The van der Waals surface area contributed by atoms with E-state index in [-0.39, 0.29) is 18.2 Å². The molecule has 6 nitrogen and oxygen atoms in total. The van der Waals surface area contributed by atoms with Gasteiger partial charge in [0.15, 0.2) is 0 Å². The highest BCUT2D eigenvalue weighted by Gasteiger charge is 2.38. The van der Waals surface area contributed by atoms with Gasteiger partial charge in [0.25, 0.3) is 0 Å². The second-order valence-corrected chi connectivity index (χ2v) is 8.90. The number of amides is 1. The highest BCUT2D eigenvalue weighted by Crippen LogP contribution is 2.33. The van der Waals surface area contributed by atoms with Crippen LogP contribution in [0.2, 0.25) is 0 Å². The smallest absolute Gasteiger partial charge is 0.410 e. The molecule has 1 amide bonds. The number of rotatable bonds is 2. The lowest BCUT2D eigenvalue weighted by Gasteiger charge is -2.41. The number of carbonyl (C=O) groups is 1. The summed E-state index contributed by atoms with van der Waals surface area (Å²) in [6.07, 6.45) is 6.98. The van der Waals surface area contributed by atoms with Gasteiger partial charge in [0.1, 0.15) is 11.4 Å². The van der Waals surface area contributed by atoms with E-state index >= 15 is 0 Å². The van der Waals surface area contributed by atoms with Crippen molar-refractivity contribution in [3.05, 3.63) is 59.6 Å². The molecule has 0 saturated carbocycles. The van der Waals surface area contributed by atoms with Crippen molar-refractivity contribution in [2.24, 2.45) is 4.99 Å². The first-order valence-electron chi connectivity index (χ1n) is 10.5. The topological polar surface area (TPSA) is 57.2 Å². The highest BCUT2D eigenvalue weighted by molar-refractivity contribution is 6.10. The van der Waals surface area contributed by atoms with Crippen LogP contribution in [0.4, 0.5) is 4.79 Å².